The van der Waals surface area contributed by atoms with E-state index in [2.05, 4.69) is 37.2 Å². The molecule has 7 rings (SSSR count). The third-order valence-electron chi connectivity index (χ3n) is 16.7. The van der Waals surface area contributed by atoms with Crippen molar-refractivity contribution in [2.24, 2.45) is 30.0 Å². The number of primary amides is 1. The highest BCUT2D eigenvalue weighted by atomic mass is 16.6. The van der Waals surface area contributed by atoms with Crippen LogP contribution in [0.4, 0.5) is 26.7 Å². The number of carboxylic acid groups (broad SMARTS) is 1. The Hall–Kier alpha value is -9.31. The zero-order valence-corrected chi connectivity index (χ0v) is 53.7. The number of amides is 9. The van der Waals surface area contributed by atoms with E-state index in [9.17, 15) is 48.3 Å². The van der Waals surface area contributed by atoms with Crippen LogP contribution >= 0.6 is 0 Å². The zero-order valence-electron chi connectivity index (χ0n) is 53.7. The molecule has 1 unspecified atom stereocenters. The molecule has 0 radical (unpaired) electrons. The molecule has 4 aromatic carbocycles. The van der Waals surface area contributed by atoms with Crippen molar-refractivity contribution in [1.29, 1.82) is 0 Å². The molecule has 0 bridgehead atoms. The first-order valence-electron chi connectivity index (χ1n) is 30.4. The van der Waals surface area contributed by atoms with E-state index in [0.29, 0.717) is 29.2 Å². The summed E-state index contributed by atoms with van der Waals surface area (Å²) in [5, 5.41) is 30.4. The quantitative estimate of drug-likeness (QED) is 0.0197. The number of aromatic nitrogens is 1. The number of nitrogens with zero attached hydrogens (tertiary/aromatic N) is 3. The molecule has 0 spiro atoms. The van der Waals surface area contributed by atoms with Gasteiger partial charge < -0.3 is 61.8 Å². The van der Waals surface area contributed by atoms with Gasteiger partial charge in [-0.05, 0) is 96.6 Å². The second-order valence-electron chi connectivity index (χ2n) is 25.6. The molecule has 1 aliphatic heterocycles. The monoisotopic (exact) mass is 1230 g/mol. The molecular weight excluding hydrogens is 1150 g/mol. The number of anilines is 3. The average molecular weight is 1230 g/mol. The zero-order chi connectivity index (χ0) is 66.1. The highest BCUT2D eigenvalue weighted by Crippen LogP contribution is 2.46. The molecule has 22 nitrogen and oxygen atoms in total. The van der Waals surface area contributed by atoms with Crippen molar-refractivity contribution in [2.45, 2.75) is 143 Å². The van der Waals surface area contributed by atoms with Gasteiger partial charge in [-0.25, -0.2) is 14.4 Å². The van der Waals surface area contributed by atoms with Gasteiger partial charge >= 0.3 is 18.1 Å². The van der Waals surface area contributed by atoms with Gasteiger partial charge in [-0.2, -0.15) is 0 Å². The number of carbonyl (C=O) groups excluding carboxylic acids is 8. The van der Waals surface area contributed by atoms with E-state index in [0.717, 1.165) is 38.7 Å². The molecule has 1 aromatic heterocycles. The largest absolute Gasteiger partial charge is 0.478 e. The van der Waals surface area contributed by atoms with Crippen molar-refractivity contribution < 1.29 is 53.0 Å². The molecule has 10 N–H and O–H groups in total. The van der Waals surface area contributed by atoms with E-state index >= 15 is 0 Å². The van der Waals surface area contributed by atoms with Gasteiger partial charge in [0.25, 0.3) is 0 Å². The topological polar surface area (TPSA) is 305 Å². The highest BCUT2D eigenvalue weighted by Gasteiger charge is 2.43. The molecule has 2 heterocycles. The molecule has 6 atom stereocenters. The van der Waals surface area contributed by atoms with Crippen LogP contribution in [0, 0.1) is 17.3 Å². The van der Waals surface area contributed by atoms with Gasteiger partial charge in [0.05, 0.1) is 29.8 Å². The molecule has 9 amide bonds. The molecule has 0 saturated carbocycles. The Morgan fingerprint density at radius 2 is 1.42 bits per heavy atom. The molecule has 1 aliphatic carbocycles. The molecule has 480 valence electrons. The second-order valence-corrected chi connectivity index (χ2v) is 25.6. The van der Waals surface area contributed by atoms with Crippen LogP contribution in [0.1, 0.15) is 134 Å². The lowest BCUT2D eigenvalue weighted by atomic mass is 9.76. The number of urea groups is 1. The molecule has 5 aromatic rings. The van der Waals surface area contributed by atoms with Gasteiger partial charge in [0.15, 0.2) is 6.10 Å². The maximum absolute atomic E-state index is 14.4. The summed E-state index contributed by atoms with van der Waals surface area (Å²) in [6.45, 7) is 18.7. The third-order valence-corrected chi connectivity index (χ3v) is 16.7. The number of carbonyl (C=O) groups is 9. The van der Waals surface area contributed by atoms with Crippen molar-refractivity contribution in [3.05, 3.63) is 136 Å². The van der Waals surface area contributed by atoms with Crippen molar-refractivity contribution in [2.75, 3.05) is 36.2 Å². The van der Waals surface area contributed by atoms with Crippen molar-refractivity contribution in [1.82, 2.24) is 36.1 Å². The summed E-state index contributed by atoms with van der Waals surface area (Å²) < 4.78 is 7.73. The molecule has 0 saturated heterocycles. The van der Waals surface area contributed by atoms with Crippen molar-refractivity contribution in [3.63, 3.8) is 0 Å². The number of carboxylic acids is 1. The summed E-state index contributed by atoms with van der Waals surface area (Å²) in [7, 11) is 5.15. The number of ether oxygens (including phenoxy) is 1. The number of nitrogens with one attached hydrogen (secondary N) is 7. The van der Waals surface area contributed by atoms with E-state index < -0.39 is 94.8 Å². The Bertz CT molecular complexity index is 3620. The molecule has 22 heteroatoms. The highest BCUT2D eigenvalue weighted by molar-refractivity contribution is 6.01. The van der Waals surface area contributed by atoms with Gasteiger partial charge in [0, 0.05) is 78.6 Å². The lowest BCUT2D eigenvalue weighted by Gasteiger charge is -2.39. The van der Waals surface area contributed by atoms with Crippen molar-refractivity contribution in [3.8, 4) is 0 Å². The maximum Gasteiger partial charge on any atom is 0.412 e. The van der Waals surface area contributed by atoms with Gasteiger partial charge in [-0.1, -0.05) is 135 Å². The minimum absolute atomic E-state index is 0.0798. The maximum atomic E-state index is 14.4. The number of rotatable bonds is 25. The number of likely N-dealkylation sites (N-methyl/N-ethyl adjacent to an activating group) is 2. The number of nitrogens with two attached hydrogens (primary N) is 1. The van der Waals surface area contributed by atoms with Gasteiger partial charge in [0.2, 0.25) is 35.4 Å². The summed E-state index contributed by atoms with van der Waals surface area (Å²) in [5.74, 6) is -4.40. The van der Waals surface area contributed by atoms with Crippen LogP contribution in [-0.4, -0.2) is 119 Å². The fourth-order valence-electron chi connectivity index (χ4n) is 11.5. The minimum Gasteiger partial charge on any atom is -0.478 e. The molecular formula is C68H87N11O11. The summed E-state index contributed by atoms with van der Waals surface area (Å²) >= 11 is 0. The Kier molecular flexibility index (Phi) is 21.9. The number of fused-ring (bicyclic) bond motifs is 4. The average Bonchev–Trinajstić information content (AvgIpc) is 1.60. The molecule has 0 fully saturated rings. The normalized spacial score (nSPS) is 15.3. The van der Waals surface area contributed by atoms with E-state index in [1.54, 1.807) is 69.3 Å². The van der Waals surface area contributed by atoms with E-state index in [4.69, 9.17) is 10.5 Å². The Morgan fingerprint density at radius 1 is 0.767 bits per heavy atom. The standard InChI is InChI=1S/C68H87N11O11/c1-38(2)52(33-40(5)64(86)87)78(13)63(85)59(67(6,7)8)76-62(84)58(70-11)68(9,10)49-37-77(12)53-35-45(27-29-47(49)53)73-66(89)90-57-46-28-26-44(34-48(46)57)72-60(82)50(22-18-32-71-65(69)88)74-61(83)56(39(3)4)75-54(80)30-31-55(81)79-36-43-21-15-14-19-41(43)24-25-42-20-16-17-23-51(42)79/h14-17,19-21,23-29,33-35,37-39,50,52,56-59,70H,18,22,30-32,36H2,1-13H3,(H,72,82)(H,73,89)(H,74,83)(H,75,80)(H,76,84)(H,86,87)(H3,69,71,88)/b25-24?,40-33+/t50-,52+,56-,57?,58+,59+/m0/s1. The Balaban J connectivity index is 0.964. The SMILES string of the molecule is CN[C@H](C(=O)N[C@H](C(=O)N(C)[C@H](/C=C(\C)C(=O)O)C(C)C)C(C)(C)C)C(C)(C)c1cn(C)c2cc(NC(=O)OC3c4ccc(NC(=O)[C@H](CCCNC(N)=O)NC(=O)[C@@H](NC(=O)CCC(=O)N5Cc6ccccc6C=Cc6ccccc65)C(C)C)cc43)ccc12. The number of aliphatic carboxylic acids is 1. The lowest BCUT2D eigenvalue weighted by Crippen LogP contribution is -2.61. The number of aryl methyl sites for hydroxylation is 1. The van der Waals surface area contributed by atoms with Crippen LogP contribution in [0.3, 0.4) is 0 Å². The predicted molar refractivity (Wildman–Crippen MR) is 348 cm³/mol. The first kappa shape index (κ1) is 68.2. The smallest absolute Gasteiger partial charge is 0.412 e. The summed E-state index contributed by atoms with van der Waals surface area (Å²) in [4.78, 5) is 124. The molecule has 2 aliphatic rings. The number of hydrogen-bond donors (Lipinski definition) is 9. The van der Waals surface area contributed by atoms with E-state index in [-0.39, 0.29) is 55.5 Å². The summed E-state index contributed by atoms with van der Waals surface area (Å²) in [5.41, 5.74) is 11.0. The summed E-state index contributed by atoms with van der Waals surface area (Å²) in [6, 6.07) is 20.4. The van der Waals surface area contributed by atoms with Crippen LogP contribution in [0.5, 0.6) is 0 Å². The predicted octanol–water partition coefficient (Wildman–Crippen LogP) is 8.25. The number of hydrogen-bond acceptors (Lipinski definition) is 11. The first-order valence-corrected chi connectivity index (χ1v) is 30.4. The van der Waals surface area contributed by atoms with Crippen LogP contribution in [0.2, 0.25) is 0 Å². The fraction of sp³-hybridized carbons (Fsp3) is 0.426. The van der Waals surface area contributed by atoms with Crippen LogP contribution in [0.15, 0.2) is 103 Å². The Morgan fingerprint density at radius 3 is 2.08 bits per heavy atom. The van der Waals surface area contributed by atoms with Crippen LogP contribution in [0.25, 0.3) is 23.1 Å². The van der Waals surface area contributed by atoms with Gasteiger partial charge in [0.1, 0.15) is 18.1 Å². The first-order chi connectivity index (χ1) is 42.4. The summed E-state index contributed by atoms with van der Waals surface area (Å²) in [6.07, 6.45) is 6.01. The van der Waals surface area contributed by atoms with Crippen molar-refractivity contribution >= 4 is 93.7 Å². The minimum atomic E-state index is -1.13. The number of para-hydroxylation sites is 1. The lowest BCUT2D eigenvalue weighted by molar-refractivity contribution is -0.141. The van der Waals surface area contributed by atoms with Crippen LogP contribution < -0.4 is 47.9 Å². The third kappa shape index (κ3) is 16.5. The number of benzene rings is 4. The fourth-order valence-corrected chi connectivity index (χ4v) is 11.5. The van der Waals surface area contributed by atoms with E-state index in [1.165, 1.54) is 11.8 Å². The Labute approximate surface area is 526 Å². The van der Waals surface area contributed by atoms with E-state index in [1.807, 2.05) is 133 Å². The van der Waals surface area contributed by atoms with Crippen LogP contribution in [-0.2, 0) is 57.3 Å². The van der Waals surface area contributed by atoms with Gasteiger partial charge in [-0.15, -0.1) is 0 Å². The molecule has 90 heavy (non-hydrogen) atoms. The van der Waals surface area contributed by atoms with Gasteiger partial charge in [-0.3, -0.25) is 34.1 Å². The second kappa shape index (κ2) is 28.9.